The van der Waals surface area contributed by atoms with Crippen LogP contribution in [0.15, 0.2) is 6.07 Å². The first-order valence-corrected chi connectivity index (χ1v) is 5.23. The predicted molar refractivity (Wildman–Crippen MR) is 58.1 cm³/mol. The summed E-state index contributed by atoms with van der Waals surface area (Å²) in [6.07, 6.45) is 0.910. The van der Waals surface area contributed by atoms with Gasteiger partial charge in [0.15, 0.2) is 11.5 Å². The summed E-state index contributed by atoms with van der Waals surface area (Å²) >= 11 is 5.87. The molecule has 1 fully saturated rings. The molecule has 0 amide bonds. The molecule has 0 bridgehead atoms. The normalized spacial score (nSPS) is 17.1. The van der Waals surface area contributed by atoms with E-state index in [4.69, 9.17) is 16.7 Å². The molecule has 2 rings (SSSR count). The lowest BCUT2D eigenvalue weighted by molar-refractivity contribution is -0.140. The highest BCUT2D eigenvalue weighted by Crippen LogP contribution is 2.55. The first-order chi connectivity index (χ1) is 7.40. The number of phenolic OH excluding ortho intramolecular Hbond substituents is 2. The van der Waals surface area contributed by atoms with E-state index >= 15 is 0 Å². The van der Waals surface area contributed by atoms with Crippen molar-refractivity contribution in [2.75, 3.05) is 0 Å². The van der Waals surface area contributed by atoms with Gasteiger partial charge in [0.1, 0.15) is 0 Å². The van der Waals surface area contributed by atoms with Gasteiger partial charge < -0.3 is 15.3 Å². The summed E-state index contributed by atoms with van der Waals surface area (Å²) < 4.78 is 0. The Morgan fingerprint density at radius 3 is 2.44 bits per heavy atom. The van der Waals surface area contributed by atoms with Gasteiger partial charge in [-0.15, -0.1) is 0 Å². The average Bonchev–Trinajstić information content (AvgIpc) is 2.97. The van der Waals surface area contributed by atoms with Crippen LogP contribution in [0.25, 0.3) is 0 Å². The monoisotopic (exact) mass is 242 g/mol. The van der Waals surface area contributed by atoms with Crippen LogP contribution in [0.2, 0.25) is 5.02 Å². The number of carboxylic acid groups (broad SMARTS) is 1. The Labute approximate surface area is 97.1 Å². The summed E-state index contributed by atoms with van der Waals surface area (Å²) in [5.74, 6) is -1.74. The van der Waals surface area contributed by atoms with Gasteiger partial charge in [-0.05, 0) is 25.3 Å². The molecule has 0 saturated heterocycles. The predicted octanol–water partition coefficient (Wildman–Crippen LogP) is 2.18. The van der Waals surface area contributed by atoms with E-state index in [2.05, 4.69) is 0 Å². The summed E-state index contributed by atoms with van der Waals surface area (Å²) in [5.41, 5.74) is -0.321. The van der Waals surface area contributed by atoms with Crippen molar-refractivity contribution in [3.8, 4) is 11.5 Å². The Balaban J connectivity index is 2.70. The minimum absolute atomic E-state index is 0.241. The molecule has 1 aliphatic rings. The van der Waals surface area contributed by atoms with Crippen LogP contribution in [-0.4, -0.2) is 21.3 Å². The van der Waals surface area contributed by atoms with Crippen LogP contribution in [-0.2, 0) is 10.2 Å². The molecule has 0 unspecified atom stereocenters. The number of phenols is 2. The van der Waals surface area contributed by atoms with Gasteiger partial charge >= 0.3 is 5.97 Å². The minimum atomic E-state index is -1.07. The standard InChI is InChI=1S/C11H11ClO4/c1-5-6(12)4-7(13)9(14)8(5)11(2-3-11)10(15)16/h4,13-14H,2-3H2,1H3,(H,15,16). The summed E-state index contributed by atoms with van der Waals surface area (Å²) in [5, 5.41) is 28.6. The topological polar surface area (TPSA) is 77.8 Å². The Hall–Kier alpha value is -1.42. The van der Waals surface area contributed by atoms with Crippen molar-refractivity contribution in [3.63, 3.8) is 0 Å². The molecule has 16 heavy (non-hydrogen) atoms. The van der Waals surface area contributed by atoms with Crippen molar-refractivity contribution in [1.82, 2.24) is 0 Å². The van der Waals surface area contributed by atoms with Crippen LogP contribution in [0, 0.1) is 6.92 Å². The Morgan fingerprint density at radius 2 is 2.00 bits per heavy atom. The number of carboxylic acids is 1. The molecule has 5 heteroatoms. The summed E-state index contributed by atoms with van der Waals surface area (Å²) in [4.78, 5) is 11.2. The molecule has 1 aromatic rings. The molecule has 0 radical (unpaired) electrons. The second-order valence-electron chi connectivity index (χ2n) is 4.11. The van der Waals surface area contributed by atoms with E-state index < -0.39 is 11.4 Å². The van der Waals surface area contributed by atoms with Gasteiger partial charge in [-0.25, -0.2) is 0 Å². The fraction of sp³-hybridized carbons (Fsp3) is 0.364. The zero-order valence-corrected chi connectivity index (χ0v) is 9.38. The number of benzene rings is 1. The Bertz CT molecular complexity index is 451. The highest BCUT2D eigenvalue weighted by atomic mass is 35.5. The fourth-order valence-corrected chi connectivity index (χ4v) is 2.20. The quantitative estimate of drug-likeness (QED) is 0.695. The number of halogens is 1. The number of hydrogen-bond donors (Lipinski definition) is 3. The maximum atomic E-state index is 11.2. The van der Waals surface area contributed by atoms with Gasteiger partial charge in [-0.1, -0.05) is 11.6 Å². The number of aliphatic carboxylic acids is 1. The average molecular weight is 243 g/mol. The largest absolute Gasteiger partial charge is 0.504 e. The molecule has 1 aromatic carbocycles. The molecule has 1 saturated carbocycles. The molecule has 0 aromatic heterocycles. The number of hydrogen-bond acceptors (Lipinski definition) is 3. The SMILES string of the molecule is Cc1c(Cl)cc(O)c(O)c1C1(C(=O)O)CC1. The first kappa shape index (κ1) is 11.1. The highest BCUT2D eigenvalue weighted by Gasteiger charge is 2.54. The Morgan fingerprint density at radius 1 is 1.44 bits per heavy atom. The zero-order chi connectivity index (χ0) is 12.1. The smallest absolute Gasteiger partial charge is 0.314 e. The van der Waals surface area contributed by atoms with Crippen LogP contribution in [0.5, 0.6) is 11.5 Å². The summed E-state index contributed by atoms with van der Waals surface area (Å²) in [7, 11) is 0. The molecular weight excluding hydrogens is 232 g/mol. The molecule has 4 nitrogen and oxygen atoms in total. The fourth-order valence-electron chi connectivity index (χ4n) is 2.00. The summed E-state index contributed by atoms with van der Waals surface area (Å²) in [6, 6.07) is 1.22. The van der Waals surface area contributed by atoms with Crippen LogP contribution in [0.4, 0.5) is 0 Å². The molecule has 86 valence electrons. The molecule has 0 heterocycles. The minimum Gasteiger partial charge on any atom is -0.504 e. The van der Waals surface area contributed by atoms with Gasteiger partial charge in [0, 0.05) is 16.7 Å². The molecule has 0 atom stereocenters. The zero-order valence-electron chi connectivity index (χ0n) is 8.62. The van der Waals surface area contributed by atoms with Crippen LogP contribution in [0.1, 0.15) is 24.0 Å². The number of rotatable bonds is 2. The lowest BCUT2D eigenvalue weighted by Crippen LogP contribution is -2.21. The highest BCUT2D eigenvalue weighted by molar-refractivity contribution is 6.31. The third-order valence-electron chi connectivity index (χ3n) is 3.11. The van der Waals surface area contributed by atoms with Crippen molar-refractivity contribution in [2.45, 2.75) is 25.2 Å². The van der Waals surface area contributed by atoms with Gasteiger partial charge in [0.05, 0.1) is 5.41 Å². The van der Waals surface area contributed by atoms with E-state index in [0.717, 1.165) is 0 Å². The van der Waals surface area contributed by atoms with Crippen molar-refractivity contribution in [2.24, 2.45) is 0 Å². The van der Waals surface area contributed by atoms with Gasteiger partial charge in [-0.2, -0.15) is 0 Å². The van der Waals surface area contributed by atoms with Crippen molar-refractivity contribution < 1.29 is 20.1 Å². The van der Waals surface area contributed by atoms with E-state index in [1.54, 1.807) is 6.92 Å². The lowest BCUT2D eigenvalue weighted by atomic mass is 9.90. The van der Waals surface area contributed by atoms with E-state index in [-0.39, 0.29) is 22.1 Å². The maximum Gasteiger partial charge on any atom is 0.314 e. The van der Waals surface area contributed by atoms with Crippen LogP contribution < -0.4 is 0 Å². The Kier molecular flexibility index (Phi) is 2.27. The second kappa shape index (κ2) is 3.28. The van der Waals surface area contributed by atoms with E-state index in [1.165, 1.54) is 6.07 Å². The summed E-state index contributed by atoms with van der Waals surface area (Å²) in [6.45, 7) is 1.64. The number of aromatic hydroxyl groups is 2. The van der Waals surface area contributed by atoms with Gasteiger partial charge in [0.2, 0.25) is 0 Å². The van der Waals surface area contributed by atoms with Crippen molar-refractivity contribution in [3.05, 3.63) is 22.2 Å². The second-order valence-corrected chi connectivity index (χ2v) is 4.52. The lowest BCUT2D eigenvalue weighted by Gasteiger charge is -2.17. The maximum absolute atomic E-state index is 11.2. The van der Waals surface area contributed by atoms with Crippen LogP contribution in [0.3, 0.4) is 0 Å². The van der Waals surface area contributed by atoms with Crippen LogP contribution >= 0.6 is 11.6 Å². The first-order valence-electron chi connectivity index (χ1n) is 4.85. The number of carbonyl (C=O) groups is 1. The molecule has 0 aliphatic heterocycles. The molecule has 0 spiro atoms. The molecule has 1 aliphatic carbocycles. The van der Waals surface area contributed by atoms with E-state index in [9.17, 15) is 15.0 Å². The van der Waals surface area contributed by atoms with Crippen molar-refractivity contribution in [1.29, 1.82) is 0 Å². The van der Waals surface area contributed by atoms with Crippen molar-refractivity contribution >= 4 is 17.6 Å². The van der Waals surface area contributed by atoms with E-state index in [1.807, 2.05) is 0 Å². The molecule has 3 N–H and O–H groups in total. The van der Waals surface area contributed by atoms with Gasteiger partial charge in [-0.3, -0.25) is 4.79 Å². The third-order valence-corrected chi connectivity index (χ3v) is 3.51. The van der Waals surface area contributed by atoms with Gasteiger partial charge in [0.25, 0.3) is 0 Å². The third kappa shape index (κ3) is 1.33. The molecular formula is C11H11ClO4. The van der Waals surface area contributed by atoms with E-state index in [0.29, 0.717) is 18.4 Å².